The fourth-order valence-electron chi connectivity index (χ4n) is 4.35. The number of fused-ring (bicyclic) bond motifs is 1. The molecule has 1 amide bonds. The summed E-state index contributed by atoms with van der Waals surface area (Å²) in [6.07, 6.45) is 2.29. The number of halogens is 1. The van der Waals surface area contributed by atoms with Crippen LogP contribution in [0.5, 0.6) is 0 Å². The van der Waals surface area contributed by atoms with E-state index < -0.39 is 10.0 Å². The van der Waals surface area contributed by atoms with Crippen molar-refractivity contribution in [2.24, 2.45) is 0 Å². The molecule has 1 atom stereocenters. The minimum Gasteiger partial charge on any atom is -0.311 e. The highest BCUT2D eigenvalue weighted by atomic mass is 79.9. The summed E-state index contributed by atoms with van der Waals surface area (Å²) in [4.78, 5) is 13.9. The lowest BCUT2D eigenvalue weighted by Gasteiger charge is -2.27. The van der Waals surface area contributed by atoms with Crippen LogP contribution in [0.2, 0.25) is 0 Å². The molecule has 4 rings (SSSR count). The van der Waals surface area contributed by atoms with Gasteiger partial charge < -0.3 is 4.90 Å². The molecule has 2 aliphatic rings. The molecule has 0 unspecified atom stereocenters. The second kappa shape index (κ2) is 7.28. The van der Waals surface area contributed by atoms with E-state index in [0.29, 0.717) is 25.2 Å². The third-order valence-electron chi connectivity index (χ3n) is 5.59. The molecular formula is C21H23BrN2O3S. The van der Waals surface area contributed by atoms with Gasteiger partial charge in [0.1, 0.15) is 4.90 Å². The van der Waals surface area contributed by atoms with Crippen molar-refractivity contribution in [1.29, 1.82) is 0 Å². The van der Waals surface area contributed by atoms with Gasteiger partial charge in [0, 0.05) is 24.5 Å². The van der Waals surface area contributed by atoms with E-state index in [1.165, 1.54) is 6.92 Å². The van der Waals surface area contributed by atoms with Crippen molar-refractivity contribution in [3.63, 3.8) is 0 Å². The number of hydrogen-bond acceptors (Lipinski definition) is 3. The molecule has 0 radical (unpaired) electrons. The van der Waals surface area contributed by atoms with Gasteiger partial charge in [-0.1, -0.05) is 45.8 Å². The van der Waals surface area contributed by atoms with Crippen molar-refractivity contribution in [3.05, 3.63) is 57.6 Å². The van der Waals surface area contributed by atoms with Gasteiger partial charge in [0.15, 0.2) is 0 Å². The lowest BCUT2D eigenvalue weighted by Crippen LogP contribution is -2.33. The first-order chi connectivity index (χ1) is 13.3. The Morgan fingerprint density at radius 3 is 2.68 bits per heavy atom. The largest absolute Gasteiger partial charge is 0.311 e. The summed E-state index contributed by atoms with van der Waals surface area (Å²) in [6, 6.07) is 11.4. The van der Waals surface area contributed by atoms with Gasteiger partial charge in [0.25, 0.3) is 0 Å². The van der Waals surface area contributed by atoms with Crippen LogP contribution in [0, 0.1) is 6.92 Å². The number of hydrogen-bond donors (Lipinski definition) is 0. The van der Waals surface area contributed by atoms with E-state index in [1.807, 2.05) is 31.2 Å². The van der Waals surface area contributed by atoms with Crippen molar-refractivity contribution >= 4 is 37.5 Å². The highest BCUT2D eigenvalue weighted by Crippen LogP contribution is 2.43. The van der Waals surface area contributed by atoms with Gasteiger partial charge in [-0.2, -0.15) is 4.31 Å². The molecule has 0 N–H and O–H groups in total. The summed E-state index contributed by atoms with van der Waals surface area (Å²) in [5, 5.41) is 0. The number of carbonyl (C=O) groups is 1. The van der Waals surface area contributed by atoms with E-state index in [1.54, 1.807) is 15.3 Å². The van der Waals surface area contributed by atoms with Gasteiger partial charge in [0.05, 0.1) is 11.7 Å². The minimum absolute atomic E-state index is 0.130. The Kier molecular flexibility index (Phi) is 5.10. The van der Waals surface area contributed by atoms with E-state index in [4.69, 9.17) is 0 Å². The predicted octanol–water partition coefficient (Wildman–Crippen LogP) is 4.19. The summed E-state index contributed by atoms with van der Waals surface area (Å²) in [5.41, 5.74) is 3.59. The van der Waals surface area contributed by atoms with E-state index in [2.05, 4.69) is 22.0 Å². The fourth-order valence-corrected chi connectivity index (χ4v) is 6.95. The molecule has 2 aromatic rings. The molecule has 0 bridgehead atoms. The van der Waals surface area contributed by atoms with Gasteiger partial charge in [-0.25, -0.2) is 8.42 Å². The molecule has 1 saturated heterocycles. The van der Waals surface area contributed by atoms with Crippen LogP contribution in [-0.2, 0) is 21.2 Å². The molecule has 5 nitrogen and oxygen atoms in total. The first kappa shape index (κ1) is 19.6. The topological polar surface area (TPSA) is 57.7 Å². The number of rotatable bonds is 3. The molecule has 1 fully saturated rings. The summed E-state index contributed by atoms with van der Waals surface area (Å²) in [6.45, 7) is 4.51. The van der Waals surface area contributed by atoms with Crippen LogP contribution in [0.25, 0.3) is 0 Å². The third kappa shape index (κ3) is 3.29. The number of benzene rings is 2. The molecule has 0 saturated carbocycles. The molecular weight excluding hydrogens is 440 g/mol. The lowest BCUT2D eigenvalue weighted by atomic mass is 10.0. The van der Waals surface area contributed by atoms with Crippen molar-refractivity contribution in [1.82, 2.24) is 4.31 Å². The smallest absolute Gasteiger partial charge is 0.245 e. The highest BCUT2D eigenvalue weighted by molar-refractivity contribution is 9.10. The molecule has 28 heavy (non-hydrogen) atoms. The van der Waals surface area contributed by atoms with Crippen LogP contribution in [0.3, 0.4) is 0 Å². The van der Waals surface area contributed by atoms with Gasteiger partial charge in [-0.3, -0.25) is 4.79 Å². The van der Waals surface area contributed by atoms with Crippen molar-refractivity contribution in [3.8, 4) is 0 Å². The monoisotopic (exact) mass is 462 g/mol. The van der Waals surface area contributed by atoms with E-state index in [0.717, 1.165) is 34.0 Å². The zero-order valence-electron chi connectivity index (χ0n) is 16.0. The first-order valence-corrected chi connectivity index (χ1v) is 11.7. The van der Waals surface area contributed by atoms with Crippen LogP contribution in [-0.4, -0.2) is 31.7 Å². The van der Waals surface area contributed by atoms with E-state index in [9.17, 15) is 13.2 Å². The number of aryl methyl sites for hydroxylation is 1. The summed E-state index contributed by atoms with van der Waals surface area (Å²) in [7, 11) is -3.75. The molecule has 2 aromatic carbocycles. The Morgan fingerprint density at radius 1 is 1.18 bits per heavy atom. The number of amides is 1. The third-order valence-corrected chi connectivity index (χ3v) is 7.97. The van der Waals surface area contributed by atoms with Gasteiger partial charge in [-0.15, -0.1) is 0 Å². The van der Waals surface area contributed by atoms with Crippen LogP contribution in [0.15, 0.2) is 45.8 Å². The quantitative estimate of drug-likeness (QED) is 0.686. The maximum atomic E-state index is 13.8. The molecule has 0 aromatic heterocycles. The highest BCUT2D eigenvalue weighted by Gasteiger charge is 2.40. The zero-order chi connectivity index (χ0) is 20.1. The number of carbonyl (C=O) groups excluding carboxylic acids is 1. The van der Waals surface area contributed by atoms with Crippen LogP contribution in [0.4, 0.5) is 5.69 Å². The molecule has 2 heterocycles. The SMILES string of the molecule is CC(=O)N1CCc2cc(Br)cc(S(=O)(=O)N3CCC[C@@H]3c3cccc(C)c3)c21. The maximum Gasteiger partial charge on any atom is 0.245 e. The average Bonchev–Trinajstić information content (AvgIpc) is 3.28. The Morgan fingerprint density at radius 2 is 1.96 bits per heavy atom. The Bertz CT molecular complexity index is 1050. The molecule has 2 aliphatic heterocycles. The summed E-state index contributed by atoms with van der Waals surface area (Å²) in [5.74, 6) is -0.130. The zero-order valence-corrected chi connectivity index (χ0v) is 18.4. The van der Waals surface area contributed by atoms with E-state index in [-0.39, 0.29) is 16.8 Å². The summed E-state index contributed by atoms with van der Waals surface area (Å²) >= 11 is 3.46. The standard InChI is InChI=1S/C21H23BrN2O3S/c1-14-5-3-6-16(11-14)19-7-4-9-24(19)28(26,27)20-13-18(22)12-17-8-10-23(15(2)25)21(17)20/h3,5-6,11-13,19H,4,7-10H2,1-2H3/t19-/m1/s1. The minimum atomic E-state index is -3.75. The normalized spacial score (nSPS) is 19.8. The Balaban J connectivity index is 1.82. The molecule has 0 aliphatic carbocycles. The second-order valence-corrected chi connectivity index (χ2v) is 10.3. The first-order valence-electron chi connectivity index (χ1n) is 9.48. The lowest BCUT2D eigenvalue weighted by molar-refractivity contribution is -0.116. The predicted molar refractivity (Wildman–Crippen MR) is 113 cm³/mol. The van der Waals surface area contributed by atoms with Crippen molar-refractivity contribution in [2.75, 3.05) is 18.0 Å². The molecule has 0 spiro atoms. The average molecular weight is 463 g/mol. The fraction of sp³-hybridized carbons (Fsp3) is 0.381. The number of nitrogens with zero attached hydrogens (tertiary/aromatic N) is 2. The van der Waals surface area contributed by atoms with Gasteiger partial charge in [-0.05, 0) is 49.4 Å². The van der Waals surface area contributed by atoms with Crippen LogP contribution in [0.1, 0.15) is 42.5 Å². The summed E-state index contributed by atoms with van der Waals surface area (Å²) < 4.78 is 29.8. The maximum absolute atomic E-state index is 13.8. The van der Waals surface area contributed by atoms with Gasteiger partial charge in [0.2, 0.25) is 15.9 Å². The molecule has 7 heteroatoms. The Labute approximate surface area is 174 Å². The van der Waals surface area contributed by atoms with Crippen LogP contribution < -0.4 is 4.90 Å². The van der Waals surface area contributed by atoms with Crippen molar-refractivity contribution in [2.45, 2.75) is 44.0 Å². The molecule has 148 valence electrons. The van der Waals surface area contributed by atoms with E-state index >= 15 is 0 Å². The number of anilines is 1. The Hall–Kier alpha value is -1.70. The van der Waals surface area contributed by atoms with Crippen molar-refractivity contribution < 1.29 is 13.2 Å². The second-order valence-electron chi connectivity index (χ2n) is 7.52. The van der Waals surface area contributed by atoms with Gasteiger partial charge >= 0.3 is 0 Å². The van der Waals surface area contributed by atoms with Crippen LogP contribution >= 0.6 is 15.9 Å². The number of sulfonamides is 1.